The molecule has 0 saturated carbocycles. The zero-order chi connectivity index (χ0) is 45.6. The molecule has 2 aliphatic heterocycles. The third-order valence-corrected chi connectivity index (χ3v) is 10.6. The average molecular weight is 866 g/mol. The fourth-order valence-corrected chi connectivity index (χ4v) is 7.09. The minimum Gasteiger partial charge on any atom is -0.445 e. The van der Waals surface area contributed by atoms with Crippen molar-refractivity contribution < 1.29 is 33.5 Å². The number of nitrogens with zero attached hydrogens (tertiary/aromatic N) is 4. The number of fused-ring (bicyclic) bond motifs is 2. The van der Waals surface area contributed by atoms with Gasteiger partial charge in [-0.15, -0.1) is 0 Å². The highest BCUT2D eigenvalue weighted by Crippen LogP contribution is 2.29. The van der Waals surface area contributed by atoms with E-state index in [1.807, 2.05) is 18.7 Å². The average Bonchev–Trinajstić information content (AvgIpc) is 3.43. The first-order valence-corrected chi connectivity index (χ1v) is 21.3. The van der Waals surface area contributed by atoms with Gasteiger partial charge in [-0.05, 0) is 79.1 Å². The molecule has 5 rings (SSSR count). The van der Waals surface area contributed by atoms with Crippen molar-refractivity contribution in [3.63, 3.8) is 0 Å². The van der Waals surface area contributed by atoms with Gasteiger partial charge in [0.15, 0.2) is 0 Å². The van der Waals surface area contributed by atoms with Crippen LogP contribution in [0.25, 0.3) is 6.08 Å². The van der Waals surface area contributed by atoms with E-state index in [2.05, 4.69) is 31.2 Å². The first-order valence-electron chi connectivity index (χ1n) is 21.3. The molecule has 2 atom stereocenters. The number of urea groups is 1. The van der Waals surface area contributed by atoms with Crippen LogP contribution in [0.3, 0.4) is 0 Å². The molecule has 2 aliphatic rings. The number of amidine groups is 1. The summed E-state index contributed by atoms with van der Waals surface area (Å²) in [5.41, 5.74) is 22.6. The number of benzene rings is 2. The van der Waals surface area contributed by atoms with Gasteiger partial charge in [-0.25, -0.2) is 14.6 Å². The smallest absolute Gasteiger partial charge is 0.410 e. The van der Waals surface area contributed by atoms with Gasteiger partial charge in [-0.2, -0.15) is 0 Å². The Kier molecular flexibility index (Phi) is 16.7. The van der Waals surface area contributed by atoms with Crippen molar-refractivity contribution in [2.75, 3.05) is 36.8 Å². The van der Waals surface area contributed by atoms with Crippen molar-refractivity contribution in [3.05, 3.63) is 88.2 Å². The molecule has 0 fully saturated rings. The van der Waals surface area contributed by atoms with Crippen LogP contribution in [0.2, 0.25) is 0 Å². The molecule has 3 aromatic rings. The maximum Gasteiger partial charge on any atom is 0.410 e. The normalized spacial score (nSPS) is 14.1. The van der Waals surface area contributed by atoms with Crippen molar-refractivity contribution in [3.8, 4) is 0 Å². The van der Waals surface area contributed by atoms with E-state index < -0.39 is 36.0 Å². The van der Waals surface area contributed by atoms with Gasteiger partial charge in [0, 0.05) is 67.1 Å². The number of ether oxygens (including phenoxy) is 1. The summed E-state index contributed by atoms with van der Waals surface area (Å²) < 4.78 is 5.63. The molecular formula is C45H59N11O7. The summed E-state index contributed by atoms with van der Waals surface area (Å²) >= 11 is 0. The fraction of sp³-hybridized carbons (Fsp3) is 0.422. The number of carbonyl (C=O) groups excluding carboxylic acids is 6. The summed E-state index contributed by atoms with van der Waals surface area (Å²) in [6.45, 7) is 9.80. The quantitative estimate of drug-likeness (QED) is 0.0891. The number of carbonyl (C=O) groups is 6. The Bertz CT molecular complexity index is 2220. The topological polar surface area (TPSA) is 270 Å². The molecule has 7 amide bonds. The SMILES string of the molecule is CCCN(CCC)C(=O)C1=Cc2ccc(C(=O)Nc3cnc4c(c3)CN(C(=O)OCc3ccc(NC(=O)C(CCCNC(N)=O)NC(=O)C(N)C(C)C)cc3)CC4)cc2N=C(N)C1. The zero-order valence-corrected chi connectivity index (χ0v) is 36.4. The first kappa shape index (κ1) is 47.2. The maximum atomic E-state index is 13.5. The number of nitrogens with one attached hydrogen (secondary N) is 4. The molecule has 63 heavy (non-hydrogen) atoms. The van der Waals surface area contributed by atoms with E-state index in [0.29, 0.717) is 71.8 Å². The van der Waals surface area contributed by atoms with Gasteiger partial charge in [0.05, 0.1) is 30.2 Å². The summed E-state index contributed by atoms with van der Waals surface area (Å²) in [4.78, 5) is 89.4. The highest BCUT2D eigenvalue weighted by Gasteiger charge is 2.27. The lowest BCUT2D eigenvalue weighted by molar-refractivity contribution is -0.128. The lowest BCUT2D eigenvalue weighted by atomic mass is 10.0. The Morgan fingerprint density at radius 2 is 1.67 bits per heavy atom. The number of hydrogen-bond acceptors (Lipinski definition) is 11. The zero-order valence-electron chi connectivity index (χ0n) is 36.4. The largest absolute Gasteiger partial charge is 0.445 e. The van der Waals surface area contributed by atoms with E-state index in [1.165, 1.54) is 0 Å². The van der Waals surface area contributed by atoms with Crippen molar-refractivity contribution in [2.45, 2.75) is 91.5 Å². The van der Waals surface area contributed by atoms with Crippen molar-refractivity contribution >= 4 is 64.7 Å². The third-order valence-electron chi connectivity index (χ3n) is 10.6. The molecule has 3 heterocycles. The Balaban J connectivity index is 1.15. The van der Waals surface area contributed by atoms with E-state index >= 15 is 0 Å². The number of rotatable bonds is 18. The number of anilines is 2. The van der Waals surface area contributed by atoms with Crippen LogP contribution in [0.1, 0.15) is 92.5 Å². The Labute approximate surface area is 367 Å². The summed E-state index contributed by atoms with van der Waals surface area (Å²) in [7, 11) is 0. The molecule has 336 valence electrons. The van der Waals surface area contributed by atoms with Crippen molar-refractivity contribution in [1.29, 1.82) is 0 Å². The fourth-order valence-electron chi connectivity index (χ4n) is 7.09. The van der Waals surface area contributed by atoms with Gasteiger partial charge in [0.2, 0.25) is 17.7 Å². The molecular weight excluding hydrogens is 807 g/mol. The minimum absolute atomic E-state index is 0.0244. The van der Waals surface area contributed by atoms with Gasteiger partial charge < -0.3 is 53.0 Å². The van der Waals surface area contributed by atoms with Gasteiger partial charge in [-0.3, -0.25) is 24.2 Å². The summed E-state index contributed by atoms with van der Waals surface area (Å²) in [5.74, 6) is -1.24. The van der Waals surface area contributed by atoms with Gasteiger partial charge in [-0.1, -0.05) is 45.9 Å². The van der Waals surface area contributed by atoms with E-state index in [0.717, 1.165) is 24.1 Å². The van der Waals surface area contributed by atoms with Crippen LogP contribution in [0, 0.1) is 5.92 Å². The van der Waals surface area contributed by atoms with Crippen molar-refractivity contribution in [1.82, 2.24) is 25.4 Å². The Morgan fingerprint density at radius 3 is 2.35 bits per heavy atom. The second-order valence-corrected chi connectivity index (χ2v) is 16.0. The second kappa shape index (κ2) is 22.3. The van der Waals surface area contributed by atoms with Crippen LogP contribution in [-0.2, 0) is 38.7 Å². The second-order valence-electron chi connectivity index (χ2n) is 16.0. The lowest BCUT2D eigenvalue weighted by Gasteiger charge is -2.28. The third kappa shape index (κ3) is 13.3. The number of hydrogen-bond donors (Lipinski definition) is 7. The summed E-state index contributed by atoms with van der Waals surface area (Å²) in [5, 5.41) is 10.9. The first-order chi connectivity index (χ1) is 30.1. The minimum atomic E-state index is -0.914. The summed E-state index contributed by atoms with van der Waals surface area (Å²) in [6.07, 6.45) is 5.86. The molecule has 2 unspecified atom stereocenters. The van der Waals surface area contributed by atoms with Crippen LogP contribution in [0.5, 0.6) is 0 Å². The molecule has 0 spiro atoms. The monoisotopic (exact) mass is 865 g/mol. The van der Waals surface area contributed by atoms with Gasteiger partial charge in [0.25, 0.3) is 5.91 Å². The van der Waals surface area contributed by atoms with Crippen LogP contribution in [-0.4, -0.2) is 94.6 Å². The molecule has 1 aromatic heterocycles. The van der Waals surface area contributed by atoms with Crippen LogP contribution in [0.4, 0.5) is 26.7 Å². The molecule has 0 saturated heterocycles. The Hall–Kier alpha value is -6.82. The highest BCUT2D eigenvalue weighted by atomic mass is 16.6. The van der Waals surface area contributed by atoms with Gasteiger partial charge in [0.1, 0.15) is 18.5 Å². The van der Waals surface area contributed by atoms with E-state index in [1.54, 1.807) is 79.6 Å². The number of nitrogens with two attached hydrogens (primary N) is 3. The van der Waals surface area contributed by atoms with Gasteiger partial charge >= 0.3 is 12.1 Å². The van der Waals surface area contributed by atoms with Crippen LogP contribution < -0.4 is 38.5 Å². The lowest BCUT2D eigenvalue weighted by Crippen LogP contribution is -2.51. The standard InChI is InChI=1S/C45H59N11O7/c1-5-17-55(18-6-2)43(60)31-20-29-11-12-30(22-37(29)53-38(46)23-31)40(57)52-34-21-32-25-56(19-15-35(32)50-24-34)45(62)63-26-28-9-13-33(14-10-28)51-41(58)36(8-7-16-49-44(48)61)54-42(59)39(47)27(3)4/h9-14,20-22,24,27,36,39H,5-8,15-19,23,25-26,47H2,1-4H3,(H2,46,53)(H,51,58)(H,52,57)(H,54,59)(H3,48,49,61). The number of pyridine rings is 1. The molecule has 18 nitrogen and oxygen atoms in total. The number of aliphatic imine (C=N–C) groups is 1. The molecule has 10 N–H and O–H groups in total. The molecule has 2 aromatic carbocycles. The van der Waals surface area contributed by atoms with E-state index in [-0.39, 0.29) is 56.1 Å². The van der Waals surface area contributed by atoms with Crippen molar-refractivity contribution in [2.24, 2.45) is 28.1 Å². The number of primary amides is 1. The predicted octanol–water partition coefficient (Wildman–Crippen LogP) is 4.31. The van der Waals surface area contributed by atoms with Crippen LogP contribution in [0.15, 0.2) is 65.3 Å². The number of amides is 7. The maximum absolute atomic E-state index is 13.5. The van der Waals surface area contributed by atoms with Crippen LogP contribution >= 0.6 is 0 Å². The molecule has 0 radical (unpaired) electrons. The number of aromatic nitrogens is 1. The predicted molar refractivity (Wildman–Crippen MR) is 241 cm³/mol. The molecule has 0 bridgehead atoms. The highest BCUT2D eigenvalue weighted by molar-refractivity contribution is 6.08. The summed E-state index contributed by atoms with van der Waals surface area (Å²) in [6, 6.07) is 11.2. The molecule has 0 aliphatic carbocycles. The molecule has 18 heteroatoms. The van der Waals surface area contributed by atoms with E-state index in [9.17, 15) is 28.8 Å². The Morgan fingerprint density at radius 1 is 0.937 bits per heavy atom. The van der Waals surface area contributed by atoms with E-state index in [4.69, 9.17) is 21.9 Å².